The van der Waals surface area contributed by atoms with Crippen LogP contribution in [0.3, 0.4) is 0 Å². The Morgan fingerprint density at radius 3 is 2.22 bits per heavy atom. The maximum Gasteiger partial charge on any atom is 0.436 e. The van der Waals surface area contributed by atoms with Crippen LogP contribution in [0, 0.1) is 0 Å². The van der Waals surface area contributed by atoms with E-state index in [-0.39, 0.29) is 6.47 Å². The monoisotopic (exact) mass is 133 g/mol. The summed E-state index contributed by atoms with van der Waals surface area (Å²) in [5.41, 5.74) is 0. The highest BCUT2D eigenvalue weighted by Gasteiger charge is 2.15. The molecule has 0 aliphatic carbocycles. The van der Waals surface area contributed by atoms with Crippen LogP contribution in [0.4, 0.5) is 0 Å². The van der Waals surface area contributed by atoms with Crippen LogP contribution in [0.25, 0.3) is 0 Å². The van der Waals surface area contributed by atoms with Gasteiger partial charge in [0.2, 0.25) is 0 Å². The first-order valence-corrected chi connectivity index (χ1v) is 1.77. The first kappa shape index (κ1) is 7.57. The fourth-order valence-corrected chi connectivity index (χ4v) is 0.140. The molecule has 2 N–H and O–H groups in total. The molecule has 0 bridgehead atoms. The molecule has 0 rings (SSSR count). The highest BCUT2D eigenvalue weighted by Crippen LogP contribution is 1.74. The average molecular weight is 133 g/mol. The second-order valence-electron chi connectivity index (χ2n) is 0.907. The largest absolute Gasteiger partial charge is 0.436 e. The number of ether oxygens (including phenoxy) is 1. The third kappa shape index (κ3) is 2.39. The van der Waals surface area contributed by atoms with E-state index in [9.17, 15) is 14.4 Å². The summed E-state index contributed by atoms with van der Waals surface area (Å²) in [5.74, 6) is 1.38. The van der Waals surface area contributed by atoms with Crippen molar-refractivity contribution in [2.24, 2.45) is 5.90 Å². The van der Waals surface area contributed by atoms with Gasteiger partial charge in [-0.15, -0.1) is 0 Å². The third-order valence-corrected chi connectivity index (χ3v) is 0.429. The van der Waals surface area contributed by atoms with Crippen molar-refractivity contribution in [2.45, 2.75) is 0 Å². The summed E-state index contributed by atoms with van der Waals surface area (Å²) in [6, 6.07) is 0. The van der Waals surface area contributed by atoms with Crippen LogP contribution in [0.15, 0.2) is 0 Å². The van der Waals surface area contributed by atoms with E-state index in [4.69, 9.17) is 0 Å². The van der Waals surface area contributed by atoms with Crippen LogP contribution < -0.4 is 5.90 Å². The van der Waals surface area contributed by atoms with E-state index in [1.165, 1.54) is 0 Å². The van der Waals surface area contributed by atoms with Crippen molar-refractivity contribution in [1.82, 2.24) is 0 Å². The minimum absolute atomic E-state index is 0.195. The maximum absolute atomic E-state index is 9.97. The van der Waals surface area contributed by atoms with Gasteiger partial charge in [-0.05, 0) is 0 Å². The van der Waals surface area contributed by atoms with Gasteiger partial charge >= 0.3 is 18.4 Å². The van der Waals surface area contributed by atoms with Crippen molar-refractivity contribution in [3.8, 4) is 0 Å². The molecule has 6 nitrogen and oxygen atoms in total. The van der Waals surface area contributed by atoms with E-state index in [0.717, 1.165) is 0 Å². The summed E-state index contributed by atoms with van der Waals surface area (Å²) in [5, 5.41) is 0. The molecule has 0 saturated heterocycles. The zero-order valence-corrected chi connectivity index (χ0v) is 4.20. The lowest BCUT2D eigenvalue weighted by Crippen LogP contribution is -2.22. The number of nitrogens with two attached hydrogens (primary N) is 1. The minimum atomic E-state index is -1.44. The Morgan fingerprint density at radius 2 is 1.89 bits per heavy atom. The quantitative estimate of drug-likeness (QED) is 0.147. The summed E-state index contributed by atoms with van der Waals surface area (Å²) >= 11 is 0. The van der Waals surface area contributed by atoms with Crippen molar-refractivity contribution in [3.05, 3.63) is 0 Å². The Labute approximate surface area is 49.5 Å². The Morgan fingerprint density at radius 1 is 1.33 bits per heavy atom. The normalized spacial score (nSPS) is 7.67. The van der Waals surface area contributed by atoms with Crippen molar-refractivity contribution < 1.29 is 24.0 Å². The number of esters is 1. The van der Waals surface area contributed by atoms with E-state index in [1.807, 2.05) is 0 Å². The maximum atomic E-state index is 9.97. The molecule has 0 aromatic heterocycles. The highest BCUT2D eigenvalue weighted by molar-refractivity contribution is 6.30. The molecule has 0 unspecified atom stereocenters. The Hall–Kier alpha value is -1.43. The molecule has 50 valence electrons. The molecule has 0 heterocycles. The van der Waals surface area contributed by atoms with Gasteiger partial charge in [-0.3, -0.25) is 4.79 Å². The van der Waals surface area contributed by atoms with Gasteiger partial charge in [0.25, 0.3) is 0 Å². The molecule has 0 aromatic rings. The number of hydrogen-bond acceptors (Lipinski definition) is 6. The molecule has 0 aliphatic heterocycles. The number of hydrogen-bond donors (Lipinski definition) is 1. The molecule has 0 aliphatic rings. The fraction of sp³-hybridized carbons (Fsp3) is 0. The Kier molecular flexibility index (Phi) is 2.99. The number of carbonyl (C=O) groups is 3. The van der Waals surface area contributed by atoms with Crippen LogP contribution in [0.5, 0.6) is 0 Å². The average Bonchev–Trinajstić information content (AvgIpc) is 1.87. The molecule has 9 heavy (non-hydrogen) atoms. The van der Waals surface area contributed by atoms with Crippen LogP contribution in [0.1, 0.15) is 0 Å². The van der Waals surface area contributed by atoms with Gasteiger partial charge < -0.3 is 9.57 Å². The summed E-state index contributed by atoms with van der Waals surface area (Å²) < 4.78 is 3.52. The molecular formula is C3H3NO5. The van der Waals surface area contributed by atoms with Gasteiger partial charge in [-0.25, -0.2) is 9.59 Å². The van der Waals surface area contributed by atoms with E-state index in [0.29, 0.717) is 0 Å². The molecule has 0 amide bonds. The van der Waals surface area contributed by atoms with E-state index in [2.05, 4.69) is 15.5 Å². The molecule has 0 radical (unpaired) electrons. The van der Waals surface area contributed by atoms with Crippen molar-refractivity contribution in [2.75, 3.05) is 0 Å². The van der Waals surface area contributed by atoms with Crippen molar-refractivity contribution in [1.29, 1.82) is 0 Å². The fourth-order valence-electron chi connectivity index (χ4n) is 0.140. The molecule has 0 fully saturated rings. The van der Waals surface area contributed by atoms with E-state index < -0.39 is 11.9 Å². The molecule has 0 aromatic carbocycles. The van der Waals surface area contributed by atoms with Gasteiger partial charge in [-0.1, -0.05) is 0 Å². The lowest BCUT2D eigenvalue weighted by molar-refractivity contribution is -0.169. The predicted molar refractivity (Wildman–Crippen MR) is 22.4 cm³/mol. The number of carbonyl (C=O) groups excluding carboxylic acids is 3. The van der Waals surface area contributed by atoms with Crippen molar-refractivity contribution >= 4 is 18.4 Å². The number of rotatable bonds is 1. The highest BCUT2D eigenvalue weighted by atomic mass is 16.7. The molecular weight excluding hydrogens is 130 g/mol. The standard InChI is InChI=1S/C3H3NO5/c4-9-3(7)2(6)8-1-5/h1H,4H2. The van der Waals surface area contributed by atoms with Crippen molar-refractivity contribution in [3.63, 3.8) is 0 Å². The molecule has 0 atom stereocenters. The van der Waals surface area contributed by atoms with Crippen LogP contribution in [-0.2, 0) is 24.0 Å². The topological polar surface area (TPSA) is 95.7 Å². The predicted octanol–water partition coefficient (Wildman–Crippen LogP) is -1.90. The Bertz CT molecular complexity index is 141. The first-order chi connectivity index (χ1) is 4.22. The van der Waals surface area contributed by atoms with Gasteiger partial charge in [0.05, 0.1) is 0 Å². The Balaban J connectivity index is 3.73. The zero-order valence-electron chi connectivity index (χ0n) is 4.20. The molecule has 0 spiro atoms. The van der Waals surface area contributed by atoms with Crippen LogP contribution >= 0.6 is 0 Å². The second-order valence-corrected chi connectivity index (χ2v) is 0.907. The van der Waals surface area contributed by atoms with Crippen LogP contribution in [-0.4, -0.2) is 18.4 Å². The SMILES string of the molecule is NOC(=O)C(=O)OC=O. The lowest BCUT2D eigenvalue weighted by Gasteiger charge is -1.90. The second kappa shape index (κ2) is 3.56. The first-order valence-electron chi connectivity index (χ1n) is 1.77. The summed E-state index contributed by atoms with van der Waals surface area (Å²) in [4.78, 5) is 32.6. The minimum Gasteiger partial charge on any atom is -0.387 e. The van der Waals surface area contributed by atoms with E-state index in [1.54, 1.807) is 0 Å². The summed E-state index contributed by atoms with van der Waals surface area (Å²) in [6.07, 6.45) is 0. The van der Waals surface area contributed by atoms with Crippen LogP contribution in [0.2, 0.25) is 0 Å². The van der Waals surface area contributed by atoms with Gasteiger partial charge in [0, 0.05) is 0 Å². The van der Waals surface area contributed by atoms with Gasteiger partial charge in [0.15, 0.2) is 0 Å². The lowest BCUT2D eigenvalue weighted by atomic mass is 10.7. The van der Waals surface area contributed by atoms with Gasteiger partial charge in [0.1, 0.15) is 0 Å². The zero-order chi connectivity index (χ0) is 7.28. The van der Waals surface area contributed by atoms with Gasteiger partial charge in [-0.2, -0.15) is 5.90 Å². The summed E-state index contributed by atoms with van der Waals surface area (Å²) in [7, 11) is 0. The summed E-state index contributed by atoms with van der Waals surface area (Å²) in [6.45, 7) is -0.195. The van der Waals surface area contributed by atoms with E-state index >= 15 is 0 Å². The third-order valence-electron chi connectivity index (χ3n) is 0.429. The smallest absolute Gasteiger partial charge is 0.387 e. The molecule has 6 heteroatoms. The molecule has 0 saturated carbocycles.